The van der Waals surface area contributed by atoms with Crippen LogP contribution in [-0.2, 0) is 0 Å². The van der Waals surface area contributed by atoms with Crippen LogP contribution in [0.15, 0.2) is 41.8 Å². The molecule has 0 atom stereocenters. The summed E-state index contributed by atoms with van der Waals surface area (Å²) in [6.07, 6.45) is 0.950. The van der Waals surface area contributed by atoms with E-state index in [9.17, 15) is 9.59 Å². The lowest BCUT2D eigenvalue weighted by atomic mass is 10.1. The van der Waals surface area contributed by atoms with Gasteiger partial charge in [-0.2, -0.15) is 0 Å². The topological polar surface area (TPSA) is 49.4 Å². The van der Waals surface area contributed by atoms with Crippen molar-refractivity contribution < 1.29 is 9.59 Å². The summed E-state index contributed by atoms with van der Waals surface area (Å²) in [5.41, 5.74) is 1.07. The fourth-order valence-corrected chi connectivity index (χ4v) is 2.75. The molecule has 23 heavy (non-hydrogen) atoms. The molecule has 1 aromatic carbocycles. The summed E-state index contributed by atoms with van der Waals surface area (Å²) in [6, 6.07) is 10.7. The highest BCUT2D eigenvalue weighted by Crippen LogP contribution is 2.19. The minimum Gasteiger partial charge on any atom is -0.342 e. The Bertz CT molecular complexity index is 665. The van der Waals surface area contributed by atoms with Crippen molar-refractivity contribution in [3.63, 3.8) is 0 Å². The van der Waals surface area contributed by atoms with Crippen LogP contribution >= 0.6 is 11.3 Å². The average molecular weight is 330 g/mol. The summed E-state index contributed by atoms with van der Waals surface area (Å²) in [7, 11) is 1.79. The average Bonchev–Trinajstić information content (AvgIpc) is 3.07. The van der Waals surface area contributed by atoms with Gasteiger partial charge < -0.3 is 10.2 Å². The zero-order valence-corrected chi connectivity index (χ0v) is 14.5. The van der Waals surface area contributed by atoms with E-state index in [1.54, 1.807) is 30.1 Å². The van der Waals surface area contributed by atoms with E-state index in [1.807, 2.05) is 23.6 Å². The second-order valence-corrected chi connectivity index (χ2v) is 6.83. The molecule has 1 heterocycles. The number of amides is 2. The van der Waals surface area contributed by atoms with E-state index in [0.29, 0.717) is 28.6 Å². The van der Waals surface area contributed by atoms with Gasteiger partial charge >= 0.3 is 0 Å². The third-order valence-corrected chi connectivity index (χ3v) is 4.41. The lowest BCUT2D eigenvalue weighted by Gasteiger charge is -2.20. The van der Waals surface area contributed by atoms with Crippen LogP contribution in [0.4, 0.5) is 5.69 Å². The predicted octanol–water partition coefficient (Wildman–Crippen LogP) is 4.12. The maximum absolute atomic E-state index is 12.6. The highest BCUT2D eigenvalue weighted by molar-refractivity contribution is 7.12. The fraction of sp³-hybridized carbons (Fsp3) is 0.333. The Hall–Kier alpha value is -2.14. The van der Waals surface area contributed by atoms with Gasteiger partial charge in [0, 0.05) is 13.6 Å². The van der Waals surface area contributed by atoms with Crippen LogP contribution < -0.4 is 5.32 Å². The summed E-state index contributed by atoms with van der Waals surface area (Å²) in [5, 5.41) is 4.69. The molecule has 0 spiro atoms. The number of nitrogens with zero attached hydrogens (tertiary/aromatic N) is 1. The molecule has 0 saturated heterocycles. The summed E-state index contributed by atoms with van der Waals surface area (Å²) in [4.78, 5) is 27.2. The van der Waals surface area contributed by atoms with E-state index >= 15 is 0 Å². The molecule has 4 nitrogen and oxygen atoms in total. The van der Waals surface area contributed by atoms with Gasteiger partial charge in [0.2, 0.25) is 0 Å². The van der Waals surface area contributed by atoms with E-state index in [-0.39, 0.29) is 11.8 Å². The summed E-state index contributed by atoms with van der Waals surface area (Å²) < 4.78 is 0. The van der Waals surface area contributed by atoms with E-state index in [2.05, 4.69) is 19.2 Å². The van der Waals surface area contributed by atoms with Crippen LogP contribution in [0, 0.1) is 5.92 Å². The molecular weight excluding hydrogens is 308 g/mol. The van der Waals surface area contributed by atoms with Crippen molar-refractivity contribution in [1.82, 2.24) is 4.90 Å². The van der Waals surface area contributed by atoms with Crippen LogP contribution in [0.1, 0.15) is 40.3 Å². The molecule has 0 aliphatic rings. The molecule has 5 heteroatoms. The second kappa shape index (κ2) is 7.92. The monoisotopic (exact) mass is 330 g/mol. The number of rotatable bonds is 6. The molecule has 0 saturated carbocycles. The molecule has 0 unspecified atom stereocenters. The van der Waals surface area contributed by atoms with Gasteiger partial charge in [-0.1, -0.05) is 32.0 Å². The number of carbonyl (C=O) groups is 2. The number of thiophene rings is 1. The van der Waals surface area contributed by atoms with Gasteiger partial charge in [0.15, 0.2) is 0 Å². The van der Waals surface area contributed by atoms with Crippen LogP contribution in [0.2, 0.25) is 0 Å². The Morgan fingerprint density at radius 3 is 2.57 bits per heavy atom. The number of carbonyl (C=O) groups excluding carboxylic acids is 2. The van der Waals surface area contributed by atoms with Crippen LogP contribution in [0.5, 0.6) is 0 Å². The standard InChI is InChI=1S/C18H22N2O2S/c1-13(2)10-11-20(3)18(22)14-7-4-5-8-15(14)19-17(21)16-9-6-12-23-16/h4-9,12-13H,10-11H2,1-3H3,(H,19,21). The first-order valence-corrected chi connectivity index (χ1v) is 8.56. The lowest BCUT2D eigenvalue weighted by molar-refractivity contribution is 0.0790. The maximum Gasteiger partial charge on any atom is 0.265 e. The first-order valence-electron chi connectivity index (χ1n) is 7.68. The third kappa shape index (κ3) is 4.66. The van der Waals surface area contributed by atoms with Gasteiger partial charge in [0.05, 0.1) is 16.1 Å². The van der Waals surface area contributed by atoms with E-state index in [4.69, 9.17) is 0 Å². The van der Waals surface area contributed by atoms with Gasteiger partial charge in [-0.3, -0.25) is 9.59 Å². The van der Waals surface area contributed by atoms with Crippen molar-refractivity contribution in [2.24, 2.45) is 5.92 Å². The van der Waals surface area contributed by atoms with Gasteiger partial charge in [0.1, 0.15) is 0 Å². The molecule has 122 valence electrons. The number of hydrogen-bond acceptors (Lipinski definition) is 3. The SMILES string of the molecule is CC(C)CCN(C)C(=O)c1ccccc1NC(=O)c1cccs1. The van der Waals surface area contributed by atoms with Gasteiger partial charge in [0.25, 0.3) is 11.8 Å². The van der Waals surface area contributed by atoms with Crippen molar-refractivity contribution >= 4 is 28.8 Å². The summed E-state index contributed by atoms with van der Waals surface area (Å²) >= 11 is 1.37. The Kier molecular flexibility index (Phi) is 5.93. The molecule has 0 aliphatic heterocycles. The zero-order valence-electron chi connectivity index (χ0n) is 13.7. The lowest BCUT2D eigenvalue weighted by Crippen LogP contribution is -2.29. The fourth-order valence-electron chi connectivity index (χ4n) is 2.13. The molecule has 0 radical (unpaired) electrons. The minimum absolute atomic E-state index is 0.0762. The van der Waals surface area contributed by atoms with Gasteiger partial charge in [-0.05, 0) is 35.9 Å². The van der Waals surface area contributed by atoms with E-state index < -0.39 is 0 Å². The first-order chi connectivity index (χ1) is 11.0. The molecule has 1 aromatic heterocycles. The molecule has 0 fully saturated rings. The highest BCUT2D eigenvalue weighted by Gasteiger charge is 2.17. The van der Waals surface area contributed by atoms with Crippen LogP contribution in [0.25, 0.3) is 0 Å². The number of para-hydroxylation sites is 1. The number of anilines is 1. The largest absolute Gasteiger partial charge is 0.342 e. The molecule has 2 aromatic rings. The molecular formula is C18H22N2O2S. The Labute approximate surface area is 141 Å². The summed E-state index contributed by atoms with van der Waals surface area (Å²) in [6.45, 7) is 4.96. The second-order valence-electron chi connectivity index (χ2n) is 5.89. The first kappa shape index (κ1) is 17.2. The van der Waals surface area contributed by atoms with Crippen LogP contribution in [-0.4, -0.2) is 30.3 Å². The Morgan fingerprint density at radius 1 is 1.17 bits per heavy atom. The Morgan fingerprint density at radius 2 is 1.91 bits per heavy atom. The van der Waals surface area contributed by atoms with Crippen molar-refractivity contribution in [3.05, 3.63) is 52.2 Å². The quantitative estimate of drug-likeness (QED) is 0.866. The Balaban J connectivity index is 2.13. The van der Waals surface area contributed by atoms with Crippen LogP contribution in [0.3, 0.4) is 0 Å². The van der Waals surface area contributed by atoms with E-state index in [1.165, 1.54) is 11.3 Å². The van der Waals surface area contributed by atoms with Gasteiger partial charge in [-0.25, -0.2) is 0 Å². The van der Waals surface area contributed by atoms with Crippen molar-refractivity contribution in [2.45, 2.75) is 20.3 Å². The predicted molar refractivity (Wildman–Crippen MR) is 95.1 cm³/mol. The molecule has 2 amide bonds. The minimum atomic E-state index is -0.190. The normalized spacial score (nSPS) is 10.6. The van der Waals surface area contributed by atoms with Crippen molar-refractivity contribution in [3.8, 4) is 0 Å². The van der Waals surface area contributed by atoms with E-state index in [0.717, 1.165) is 6.42 Å². The number of benzene rings is 1. The zero-order chi connectivity index (χ0) is 16.8. The maximum atomic E-state index is 12.6. The molecule has 2 rings (SSSR count). The molecule has 1 N–H and O–H groups in total. The smallest absolute Gasteiger partial charge is 0.265 e. The third-order valence-electron chi connectivity index (χ3n) is 3.54. The number of hydrogen-bond donors (Lipinski definition) is 1. The molecule has 0 bridgehead atoms. The van der Waals surface area contributed by atoms with Gasteiger partial charge in [-0.15, -0.1) is 11.3 Å². The molecule has 0 aliphatic carbocycles. The highest BCUT2D eigenvalue weighted by atomic mass is 32.1. The number of nitrogens with one attached hydrogen (secondary N) is 1. The summed E-state index contributed by atoms with van der Waals surface area (Å²) in [5.74, 6) is 0.275. The van der Waals surface area contributed by atoms with Crippen molar-refractivity contribution in [1.29, 1.82) is 0 Å². The van der Waals surface area contributed by atoms with Crippen molar-refractivity contribution in [2.75, 3.05) is 18.9 Å².